The fourth-order valence-electron chi connectivity index (χ4n) is 2.89. The Morgan fingerprint density at radius 3 is 2.67 bits per heavy atom. The van der Waals surface area contributed by atoms with Crippen LogP contribution in [0.1, 0.15) is 11.1 Å². The van der Waals surface area contributed by atoms with Crippen LogP contribution < -0.4 is 10.8 Å². The van der Waals surface area contributed by atoms with E-state index in [4.69, 9.17) is 16.4 Å². The number of para-hydroxylation sites is 1. The first-order valence-electron chi connectivity index (χ1n) is 9.18. The Morgan fingerprint density at radius 2 is 1.83 bits per heavy atom. The van der Waals surface area contributed by atoms with Gasteiger partial charge in [0.1, 0.15) is 12.1 Å². The lowest BCUT2D eigenvalue weighted by Crippen LogP contribution is -2.12. The molecule has 0 spiro atoms. The second-order valence-electron chi connectivity index (χ2n) is 6.55. The lowest BCUT2D eigenvalue weighted by atomic mass is 10.1. The Kier molecular flexibility index (Phi) is 6.28. The van der Waals surface area contributed by atoms with Crippen LogP contribution in [-0.2, 0) is 11.4 Å². The molecule has 5 nitrogen and oxygen atoms in total. The predicted octanol–water partition coefficient (Wildman–Crippen LogP) is 6.48. The van der Waals surface area contributed by atoms with Crippen molar-refractivity contribution in [2.75, 3.05) is 5.32 Å². The summed E-state index contributed by atoms with van der Waals surface area (Å²) in [7, 11) is 0. The van der Waals surface area contributed by atoms with E-state index in [0.717, 1.165) is 38.0 Å². The molecule has 4 rings (SSSR count). The van der Waals surface area contributed by atoms with Crippen molar-refractivity contribution in [3.05, 3.63) is 100 Å². The highest BCUT2D eigenvalue weighted by Crippen LogP contribution is 2.30. The Labute approximate surface area is 187 Å². The predicted molar refractivity (Wildman–Crippen MR) is 125 cm³/mol. The van der Waals surface area contributed by atoms with Gasteiger partial charge in [0.25, 0.3) is 0 Å². The monoisotopic (exact) mass is 480 g/mol. The number of benzene rings is 3. The van der Waals surface area contributed by atoms with Crippen molar-refractivity contribution in [1.82, 2.24) is 15.4 Å². The zero-order valence-electron chi connectivity index (χ0n) is 15.9. The average Bonchev–Trinajstić information content (AvgIpc) is 2.77. The number of nitrogens with one attached hydrogen (secondary N) is 2. The molecule has 0 radical (unpaired) electrons. The summed E-state index contributed by atoms with van der Waals surface area (Å²) in [6, 6.07) is 21.2. The molecule has 0 aliphatic rings. The van der Waals surface area contributed by atoms with Crippen LogP contribution in [0.2, 0.25) is 5.02 Å². The zero-order chi connectivity index (χ0) is 20.9. The van der Waals surface area contributed by atoms with Gasteiger partial charge in [-0.25, -0.2) is 9.97 Å². The second-order valence-corrected chi connectivity index (χ2v) is 7.85. The summed E-state index contributed by atoms with van der Waals surface area (Å²) in [6.07, 6.45) is 1.55. The maximum atomic E-state index is 5.91. The summed E-state index contributed by atoms with van der Waals surface area (Å²) in [5.74, 6) is 0.732. The Balaban J connectivity index is 1.47. The van der Waals surface area contributed by atoms with Gasteiger partial charge in [-0.15, -0.1) is 0 Å². The van der Waals surface area contributed by atoms with E-state index in [1.54, 1.807) is 6.33 Å². The van der Waals surface area contributed by atoms with Crippen LogP contribution in [0.3, 0.4) is 0 Å². The van der Waals surface area contributed by atoms with Gasteiger partial charge in [-0.3, -0.25) is 10.3 Å². The first kappa shape index (κ1) is 20.3. The number of fused-ring (bicyclic) bond motifs is 1. The number of rotatable bonds is 7. The van der Waals surface area contributed by atoms with Gasteiger partial charge < -0.3 is 5.32 Å². The van der Waals surface area contributed by atoms with Gasteiger partial charge in [0.15, 0.2) is 0 Å². The van der Waals surface area contributed by atoms with Gasteiger partial charge in [-0.1, -0.05) is 48.5 Å². The van der Waals surface area contributed by atoms with Crippen LogP contribution in [0, 0.1) is 0 Å². The Morgan fingerprint density at radius 1 is 1.03 bits per heavy atom. The molecular formula is C23H18BrClN4O. The van der Waals surface area contributed by atoms with Crippen LogP contribution >= 0.6 is 27.5 Å². The number of hydrogen-bond acceptors (Lipinski definition) is 5. The molecular weight excluding hydrogens is 464 g/mol. The van der Waals surface area contributed by atoms with Crippen LogP contribution in [0.4, 0.5) is 11.5 Å². The van der Waals surface area contributed by atoms with Crippen molar-refractivity contribution in [3.8, 4) is 0 Å². The Bertz CT molecular complexity index is 1190. The maximum Gasteiger partial charge on any atom is 0.141 e. The van der Waals surface area contributed by atoms with E-state index in [-0.39, 0.29) is 0 Å². The largest absolute Gasteiger partial charge is 0.339 e. The standard InChI is InChI=1S/C23H18BrClN4O/c1-15(29-30-13-16-6-9-18(25)10-7-16)17-8-11-20(24)22(12-17)28-23-19-4-2-3-5-21(19)26-14-27-23/h2-12,14,29H,1,13H2,(H,26,27,28). The van der Waals surface area contributed by atoms with E-state index in [0.29, 0.717) is 17.3 Å². The molecule has 1 heterocycles. The number of nitrogens with zero attached hydrogens (tertiary/aromatic N) is 2. The van der Waals surface area contributed by atoms with E-state index >= 15 is 0 Å². The lowest BCUT2D eigenvalue weighted by Gasteiger charge is -2.14. The van der Waals surface area contributed by atoms with E-state index in [1.165, 1.54) is 0 Å². The third-order valence-electron chi connectivity index (χ3n) is 4.46. The summed E-state index contributed by atoms with van der Waals surface area (Å²) in [5, 5.41) is 5.02. The minimum atomic E-state index is 0.394. The first-order chi connectivity index (χ1) is 14.6. The van der Waals surface area contributed by atoms with Crippen LogP contribution in [-0.4, -0.2) is 9.97 Å². The molecule has 150 valence electrons. The molecule has 0 aliphatic carbocycles. The van der Waals surface area contributed by atoms with Gasteiger partial charge in [-0.2, -0.15) is 0 Å². The number of halogens is 2. The SMILES string of the molecule is C=C(NOCc1ccc(Cl)cc1)c1ccc(Br)c(Nc2ncnc3ccccc23)c1. The molecule has 30 heavy (non-hydrogen) atoms. The van der Waals surface area contributed by atoms with Crippen LogP contribution in [0.5, 0.6) is 0 Å². The number of hydroxylamine groups is 1. The average molecular weight is 482 g/mol. The van der Waals surface area contributed by atoms with E-state index in [1.807, 2.05) is 66.7 Å². The summed E-state index contributed by atoms with van der Waals surface area (Å²) >= 11 is 9.50. The van der Waals surface area contributed by atoms with Crippen molar-refractivity contribution in [3.63, 3.8) is 0 Å². The molecule has 1 aromatic heterocycles. The van der Waals surface area contributed by atoms with Crippen molar-refractivity contribution in [2.45, 2.75) is 6.61 Å². The van der Waals surface area contributed by atoms with E-state index < -0.39 is 0 Å². The van der Waals surface area contributed by atoms with Crippen molar-refractivity contribution < 1.29 is 4.84 Å². The van der Waals surface area contributed by atoms with Crippen molar-refractivity contribution in [1.29, 1.82) is 0 Å². The van der Waals surface area contributed by atoms with E-state index in [2.05, 4.69) is 43.3 Å². The third-order valence-corrected chi connectivity index (χ3v) is 5.40. The maximum absolute atomic E-state index is 5.91. The highest BCUT2D eigenvalue weighted by molar-refractivity contribution is 9.10. The normalized spacial score (nSPS) is 10.7. The zero-order valence-corrected chi connectivity index (χ0v) is 18.2. The lowest BCUT2D eigenvalue weighted by molar-refractivity contribution is 0.0648. The molecule has 0 unspecified atom stereocenters. The highest BCUT2D eigenvalue weighted by atomic mass is 79.9. The van der Waals surface area contributed by atoms with Crippen LogP contribution in [0.25, 0.3) is 16.6 Å². The fourth-order valence-corrected chi connectivity index (χ4v) is 3.36. The van der Waals surface area contributed by atoms with Gasteiger partial charge >= 0.3 is 0 Å². The van der Waals surface area contributed by atoms with Crippen LogP contribution in [0.15, 0.2) is 84.1 Å². The molecule has 0 atom stereocenters. The van der Waals surface area contributed by atoms with Crippen molar-refractivity contribution in [2.24, 2.45) is 0 Å². The summed E-state index contributed by atoms with van der Waals surface area (Å²) in [5.41, 5.74) is 7.18. The Hall–Kier alpha value is -2.93. The third kappa shape index (κ3) is 4.79. The van der Waals surface area contributed by atoms with Gasteiger partial charge in [-0.05, 0) is 57.9 Å². The highest BCUT2D eigenvalue weighted by Gasteiger charge is 2.09. The van der Waals surface area contributed by atoms with E-state index in [9.17, 15) is 0 Å². The molecule has 2 N–H and O–H groups in total. The molecule has 0 aliphatic heterocycles. The molecule has 7 heteroatoms. The topological polar surface area (TPSA) is 59.1 Å². The summed E-state index contributed by atoms with van der Waals surface area (Å²) < 4.78 is 0.906. The fraction of sp³-hybridized carbons (Fsp3) is 0.0435. The molecule has 0 saturated carbocycles. The first-order valence-corrected chi connectivity index (χ1v) is 10.3. The molecule has 0 amide bonds. The number of hydrogen-bond donors (Lipinski definition) is 2. The van der Waals surface area contributed by atoms with Gasteiger partial charge in [0, 0.05) is 20.4 Å². The molecule has 0 saturated heterocycles. The number of anilines is 2. The summed E-state index contributed by atoms with van der Waals surface area (Å²) in [6.45, 7) is 4.47. The minimum absolute atomic E-state index is 0.394. The second kappa shape index (κ2) is 9.26. The summed E-state index contributed by atoms with van der Waals surface area (Å²) in [4.78, 5) is 14.3. The molecule has 0 fully saturated rings. The molecule has 3 aromatic carbocycles. The molecule has 4 aromatic rings. The quantitative estimate of drug-likeness (QED) is 0.296. The van der Waals surface area contributed by atoms with Gasteiger partial charge in [0.2, 0.25) is 0 Å². The van der Waals surface area contributed by atoms with Gasteiger partial charge in [0.05, 0.1) is 23.5 Å². The molecule has 0 bridgehead atoms. The smallest absolute Gasteiger partial charge is 0.141 e. The number of aromatic nitrogens is 2. The van der Waals surface area contributed by atoms with Crippen molar-refractivity contribution >= 4 is 55.6 Å². The minimum Gasteiger partial charge on any atom is -0.339 e.